The zero-order chi connectivity index (χ0) is 20.9. The summed E-state index contributed by atoms with van der Waals surface area (Å²) in [6, 6.07) is 8.26. The molecule has 1 fully saturated rings. The maximum Gasteiger partial charge on any atom is 0.191 e. The molecule has 1 aromatic carbocycles. The summed E-state index contributed by atoms with van der Waals surface area (Å²) in [5.41, 5.74) is 1.14. The molecule has 2 unspecified atom stereocenters. The normalized spacial score (nSPS) is 17.5. The summed E-state index contributed by atoms with van der Waals surface area (Å²) in [7, 11) is 5.85. The number of guanidine groups is 1. The lowest BCUT2D eigenvalue weighted by Crippen LogP contribution is -2.39. The fourth-order valence-electron chi connectivity index (χ4n) is 3.37. The molecule has 0 bridgehead atoms. The number of para-hydroxylation sites is 1. The van der Waals surface area contributed by atoms with Gasteiger partial charge in [-0.1, -0.05) is 18.2 Å². The molecule has 0 aromatic heterocycles. The molecule has 8 heteroatoms. The lowest BCUT2D eigenvalue weighted by atomic mass is 10.0. The second-order valence-corrected chi connectivity index (χ2v) is 7.43. The predicted molar refractivity (Wildman–Crippen MR) is 133 cm³/mol. The van der Waals surface area contributed by atoms with Crippen LogP contribution in [0.1, 0.15) is 37.8 Å². The van der Waals surface area contributed by atoms with Crippen LogP contribution >= 0.6 is 24.0 Å². The maximum absolute atomic E-state index is 5.73. The number of benzene rings is 1. The van der Waals surface area contributed by atoms with Crippen LogP contribution in [0.4, 0.5) is 0 Å². The number of ether oxygens (including phenoxy) is 3. The molecular weight excluding hydrogens is 495 g/mol. The number of methoxy groups -OCH3 is 1. The summed E-state index contributed by atoms with van der Waals surface area (Å²) in [6.07, 6.45) is 3.50. The van der Waals surface area contributed by atoms with Crippen molar-refractivity contribution < 1.29 is 14.2 Å². The zero-order valence-corrected chi connectivity index (χ0v) is 21.2. The highest BCUT2D eigenvalue weighted by Crippen LogP contribution is 2.28. The number of halogens is 1. The van der Waals surface area contributed by atoms with E-state index in [1.165, 1.54) is 0 Å². The number of likely N-dealkylation sites (N-methyl/N-ethyl adjacent to an activating group) is 1. The van der Waals surface area contributed by atoms with Crippen molar-refractivity contribution in [2.45, 2.75) is 38.3 Å². The van der Waals surface area contributed by atoms with Crippen molar-refractivity contribution in [1.82, 2.24) is 15.5 Å². The minimum atomic E-state index is 0. The Hall–Kier alpha value is -1.10. The van der Waals surface area contributed by atoms with Gasteiger partial charge in [-0.15, -0.1) is 24.0 Å². The highest BCUT2D eigenvalue weighted by molar-refractivity contribution is 14.0. The van der Waals surface area contributed by atoms with Crippen LogP contribution in [0.2, 0.25) is 0 Å². The molecule has 0 radical (unpaired) electrons. The monoisotopic (exact) mass is 534 g/mol. The first kappa shape index (κ1) is 26.9. The summed E-state index contributed by atoms with van der Waals surface area (Å²) < 4.78 is 16.8. The van der Waals surface area contributed by atoms with Gasteiger partial charge in [-0.25, -0.2) is 0 Å². The van der Waals surface area contributed by atoms with E-state index < -0.39 is 0 Å². The Balaban J connectivity index is 0.00000450. The van der Waals surface area contributed by atoms with Crippen molar-refractivity contribution in [3.8, 4) is 5.75 Å². The zero-order valence-electron chi connectivity index (χ0n) is 18.9. The van der Waals surface area contributed by atoms with Gasteiger partial charge in [-0.05, 0) is 46.3 Å². The Kier molecular flexibility index (Phi) is 14.1. The minimum absolute atomic E-state index is 0. The number of hydrogen-bond acceptors (Lipinski definition) is 5. The summed E-state index contributed by atoms with van der Waals surface area (Å²) >= 11 is 0. The fourth-order valence-corrected chi connectivity index (χ4v) is 3.37. The molecule has 7 nitrogen and oxygen atoms in total. The molecule has 2 atom stereocenters. The van der Waals surface area contributed by atoms with E-state index in [1.54, 1.807) is 7.11 Å². The third kappa shape index (κ3) is 9.36. The number of rotatable bonds is 12. The SMILES string of the molecule is CCNC(=NCC(c1ccccc1OC)N(C)C)NCCCOCC1CCCO1.I. The van der Waals surface area contributed by atoms with E-state index in [9.17, 15) is 0 Å². The van der Waals surface area contributed by atoms with Gasteiger partial charge in [0.25, 0.3) is 0 Å². The molecule has 0 aliphatic carbocycles. The van der Waals surface area contributed by atoms with E-state index in [-0.39, 0.29) is 30.0 Å². The van der Waals surface area contributed by atoms with Gasteiger partial charge in [0.2, 0.25) is 0 Å². The Morgan fingerprint density at radius 3 is 2.77 bits per heavy atom. The summed E-state index contributed by atoms with van der Waals surface area (Å²) in [4.78, 5) is 6.97. The molecule has 0 spiro atoms. The van der Waals surface area contributed by atoms with Crippen LogP contribution in [0.15, 0.2) is 29.3 Å². The third-order valence-corrected chi connectivity index (χ3v) is 4.97. The molecule has 1 aliphatic rings. The lowest BCUT2D eigenvalue weighted by molar-refractivity contribution is 0.0168. The van der Waals surface area contributed by atoms with E-state index in [1.807, 2.05) is 18.2 Å². The summed E-state index contributed by atoms with van der Waals surface area (Å²) in [6.45, 7) is 6.66. The summed E-state index contributed by atoms with van der Waals surface area (Å²) in [5, 5.41) is 6.72. The Labute approximate surface area is 199 Å². The second kappa shape index (κ2) is 15.7. The van der Waals surface area contributed by atoms with E-state index >= 15 is 0 Å². The largest absolute Gasteiger partial charge is 0.496 e. The van der Waals surface area contributed by atoms with Crippen LogP contribution in [0.3, 0.4) is 0 Å². The summed E-state index contributed by atoms with van der Waals surface area (Å²) in [5.74, 6) is 1.72. The van der Waals surface area contributed by atoms with Crippen molar-refractivity contribution in [2.75, 3.05) is 60.7 Å². The van der Waals surface area contributed by atoms with Crippen LogP contribution < -0.4 is 15.4 Å². The molecule has 1 aliphatic heterocycles. The van der Waals surface area contributed by atoms with Crippen molar-refractivity contribution in [1.29, 1.82) is 0 Å². The molecule has 2 rings (SSSR count). The van der Waals surface area contributed by atoms with Gasteiger partial charge < -0.3 is 29.7 Å². The first-order valence-corrected chi connectivity index (χ1v) is 10.7. The Bertz CT molecular complexity index is 610. The van der Waals surface area contributed by atoms with Crippen LogP contribution in [0.5, 0.6) is 5.75 Å². The molecular formula is C22H39IN4O3. The molecule has 2 N–H and O–H groups in total. The van der Waals surface area contributed by atoms with Gasteiger partial charge in [0.05, 0.1) is 32.4 Å². The van der Waals surface area contributed by atoms with Gasteiger partial charge >= 0.3 is 0 Å². The number of hydrogen-bond donors (Lipinski definition) is 2. The smallest absolute Gasteiger partial charge is 0.191 e. The van der Waals surface area contributed by atoms with Crippen molar-refractivity contribution in [2.24, 2.45) is 4.99 Å². The minimum Gasteiger partial charge on any atom is -0.496 e. The van der Waals surface area contributed by atoms with E-state index in [0.29, 0.717) is 19.3 Å². The highest BCUT2D eigenvalue weighted by Gasteiger charge is 2.18. The molecule has 0 saturated carbocycles. The molecule has 1 heterocycles. The predicted octanol–water partition coefficient (Wildman–Crippen LogP) is 3.06. The van der Waals surface area contributed by atoms with E-state index in [4.69, 9.17) is 19.2 Å². The molecule has 30 heavy (non-hydrogen) atoms. The Morgan fingerprint density at radius 1 is 1.30 bits per heavy atom. The highest BCUT2D eigenvalue weighted by atomic mass is 127. The van der Waals surface area contributed by atoms with Gasteiger partial charge in [-0.3, -0.25) is 4.99 Å². The van der Waals surface area contributed by atoms with Gasteiger partial charge in [0, 0.05) is 31.9 Å². The van der Waals surface area contributed by atoms with Crippen molar-refractivity contribution in [3.05, 3.63) is 29.8 Å². The van der Waals surface area contributed by atoms with Gasteiger partial charge in [0.15, 0.2) is 5.96 Å². The van der Waals surface area contributed by atoms with Gasteiger partial charge in [-0.2, -0.15) is 0 Å². The molecule has 1 aromatic rings. The fraction of sp³-hybridized carbons (Fsp3) is 0.682. The number of nitrogens with one attached hydrogen (secondary N) is 2. The van der Waals surface area contributed by atoms with Crippen LogP contribution in [-0.4, -0.2) is 77.6 Å². The van der Waals surface area contributed by atoms with Gasteiger partial charge in [0.1, 0.15) is 5.75 Å². The number of aliphatic imine (C=N–C) groups is 1. The molecule has 172 valence electrons. The van der Waals surface area contributed by atoms with Crippen LogP contribution in [-0.2, 0) is 9.47 Å². The van der Waals surface area contributed by atoms with Crippen LogP contribution in [0.25, 0.3) is 0 Å². The first-order valence-electron chi connectivity index (χ1n) is 10.7. The van der Waals surface area contributed by atoms with E-state index in [0.717, 1.165) is 62.8 Å². The van der Waals surface area contributed by atoms with Crippen LogP contribution in [0, 0.1) is 0 Å². The third-order valence-electron chi connectivity index (χ3n) is 4.97. The second-order valence-electron chi connectivity index (χ2n) is 7.43. The van der Waals surface area contributed by atoms with Crippen molar-refractivity contribution in [3.63, 3.8) is 0 Å². The topological polar surface area (TPSA) is 67.4 Å². The lowest BCUT2D eigenvalue weighted by Gasteiger charge is -2.25. The molecule has 0 amide bonds. The standard InChI is InChI=1S/C22H38N4O3.HI/c1-5-23-22(24-13-9-14-28-17-18-10-8-15-29-18)25-16-20(26(2)3)19-11-6-7-12-21(19)27-4;/h6-7,11-12,18,20H,5,8-10,13-17H2,1-4H3,(H2,23,24,25);1H. The first-order chi connectivity index (χ1) is 14.2. The van der Waals surface area contributed by atoms with E-state index in [2.05, 4.69) is 42.6 Å². The number of nitrogens with zero attached hydrogens (tertiary/aromatic N) is 2. The quantitative estimate of drug-likeness (QED) is 0.186. The average Bonchev–Trinajstić information content (AvgIpc) is 3.24. The average molecular weight is 534 g/mol. The maximum atomic E-state index is 5.73. The Morgan fingerprint density at radius 2 is 2.10 bits per heavy atom. The molecule has 1 saturated heterocycles. The van der Waals surface area contributed by atoms with Crippen molar-refractivity contribution >= 4 is 29.9 Å².